The van der Waals surface area contributed by atoms with E-state index in [-0.39, 0.29) is 12.5 Å². The highest BCUT2D eigenvalue weighted by molar-refractivity contribution is 5.83. The van der Waals surface area contributed by atoms with Gasteiger partial charge in [-0.25, -0.2) is 14.6 Å². The number of nitrogens with one attached hydrogen (secondary N) is 1. The van der Waals surface area contributed by atoms with E-state index in [4.69, 9.17) is 9.47 Å². The third kappa shape index (κ3) is 6.87. The molecule has 0 fully saturated rings. The molecule has 0 radical (unpaired) electrons. The minimum atomic E-state index is -0.510. The molecule has 1 aromatic carbocycles. The normalized spacial score (nSPS) is 11.3. The number of benzene rings is 1. The molecule has 0 aliphatic carbocycles. The van der Waals surface area contributed by atoms with E-state index in [1.807, 2.05) is 43.3 Å². The quantitative estimate of drug-likeness (QED) is 0.367. The highest BCUT2D eigenvalue weighted by atomic mass is 16.5. The van der Waals surface area contributed by atoms with E-state index in [0.717, 1.165) is 30.0 Å². The van der Waals surface area contributed by atoms with Crippen molar-refractivity contribution in [2.24, 2.45) is 0 Å². The highest BCUT2D eigenvalue weighted by Crippen LogP contribution is 2.28. The van der Waals surface area contributed by atoms with Crippen LogP contribution in [0.25, 0.3) is 0 Å². The Bertz CT molecular complexity index is 760. The van der Waals surface area contributed by atoms with Crippen LogP contribution in [0.5, 0.6) is 0 Å². The Kier molecular flexibility index (Phi) is 8.72. The minimum Gasteiger partial charge on any atom is -0.463 e. The molecule has 0 aliphatic rings. The number of hydrogen-bond acceptors (Lipinski definition) is 5. The molecule has 0 bridgehead atoms. The molecule has 1 amide bonds. The number of pyridine rings is 1. The first-order valence-corrected chi connectivity index (χ1v) is 9.38. The number of ether oxygens (including phenoxy) is 2. The number of hydrogen-bond donors (Lipinski definition) is 1. The highest BCUT2D eigenvalue weighted by Gasteiger charge is 2.16. The van der Waals surface area contributed by atoms with Crippen molar-refractivity contribution in [3.63, 3.8) is 0 Å². The Morgan fingerprint density at radius 1 is 1.11 bits per heavy atom. The maximum absolute atomic E-state index is 11.7. The predicted molar refractivity (Wildman–Crippen MR) is 108 cm³/mol. The number of amides is 1. The Morgan fingerprint density at radius 3 is 2.54 bits per heavy atom. The molecule has 28 heavy (non-hydrogen) atoms. The first-order chi connectivity index (χ1) is 13.6. The van der Waals surface area contributed by atoms with Gasteiger partial charge in [0, 0.05) is 18.2 Å². The monoisotopic (exact) mass is 382 g/mol. The number of carbonyl (C=O) groups is 2. The lowest BCUT2D eigenvalue weighted by Crippen LogP contribution is -2.15. The van der Waals surface area contributed by atoms with Crippen molar-refractivity contribution in [3.8, 4) is 0 Å². The van der Waals surface area contributed by atoms with Gasteiger partial charge in [0.2, 0.25) is 0 Å². The summed E-state index contributed by atoms with van der Waals surface area (Å²) in [6.45, 7) is 6.09. The number of unbranched alkanes of at least 4 members (excludes halogenated alkanes) is 1. The van der Waals surface area contributed by atoms with E-state index in [2.05, 4.69) is 16.9 Å². The molecule has 6 heteroatoms. The third-order valence-electron chi connectivity index (χ3n) is 4.17. The van der Waals surface area contributed by atoms with Crippen LogP contribution in [0.4, 0.5) is 10.6 Å². The third-order valence-corrected chi connectivity index (χ3v) is 4.17. The average molecular weight is 382 g/mol. The van der Waals surface area contributed by atoms with Gasteiger partial charge in [0.15, 0.2) is 0 Å². The molecular weight excluding hydrogens is 356 g/mol. The molecule has 1 N–H and O–H groups in total. The van der Waals surface area contributed by atoms with Gasteiger partial charge >= 0.3 is 12.1 Å². The van der Waals surface area contributed by atoms with Crippen LogP contribution in [0.2, 0.25) is 0 Å². The van der Waals surface area contributed by atoms with Crippen LogP contribution in [-0.2, 0) is 14.3 Å². The second-order valence-corrected chi connectivity index (χ2v) is 6.21. The number of carbonyl (C=O) groups excluding carboxylic acids is 2. The summed E-state index contributed by atoms with van der Waals surface area (Å²) in [5.74, 6) is -0.00177. The van der Waals surface area contributed by atoms with Gasteiger partial charge in [0.25, 0.3) is 0 Å². The van der Waals surface area contributed by atoms with Crippen molar-refractivity contribution in [2.45, 2.75) is 32.1 Å². The molecule has 1 atom stereocenters. The van der Waals surface area contributed by atoms with Gasteiger partial charge in [-0.1, -0.05) is 56.3 Å². The summed E-state index contributed by atoms with van der Waals surface area (Å²) in [5.41, 5.74) is 2.06. The number of rotatable bonds is 10. The minimum absolute atomic E-state index is 0.0110. The Morgan fingerprint density at radius 2 is 1.89 bits per heavy atom. The van der Waals surface area contributed by atoms with E-state index in [1.165, 1.54) is 0 Å². The van der Waals surface area contributed by atoms with Crippen LogP contribution in [0.1, 0.15) is 43.2 Å². The van der Waals surface area contributed by atoms with Gasteiger partial charge < -0.3 is 9.47 Å². The van der Waals surface area contributed by atoms with Crippen molar-refractivity contribution >= 4 is 17.9 Å². The zero-order valence-electron chi connectivity index (χ0n) is 16.1. The van der Waals surface area contributed by atoms with Gasteiger partial charge in [-0.2, -0.15) is 0 Å². The Labute approximate surface area is 165 Å². The maximum atomic E-state index is 11.7. The second kappa shape index (κ2) is 11.5. The van der Waals surface area contributed by atoms with Gasteiger partial charge in [-0.3, -0.25) is 5.32 Å². The standard InChI is InChI=1S/C22H26N2O4/c1-3-5-14-28-22(26)24-20-12-11-18(16-23-20)19(13-15-27-21(25)4-2)17-9-7-6-8-10-17/h4,6-12,16,19H,2-3,5,13-15H2,1H3,(H,23,24,26). The van der Waals surface area contributed by atoms with Crippen molar-refractivity contribution in [1.29, 1.82) is 0 Å². The molecule has 2 rings (SSSR count). The van der Waals surface area contributed by atoms with E-state index in [9.17, 15) is 9.59 Å². The lowest BCUT2D eigenvalue weighted by Gasteiger charge is -2.18. The molecule has 1 heterocycles. The Hall–Kier alpha value is -3.15. The fourth-order valence-corrected chi connectivity index (χ4v) is 2.68. The summed E-state index contributed by atoms with van der Waals surface area (Å²) in [6.07, 6.45) is 4.76. The topological polar surface area (TPSA) is 77.5 Å². The summed E-state index contributed by atoms with van der Waals surface area (Å²) >= 11 is 0. The molecule has 0 spiro atoms. The lowest BCUT2D eigenvalue weighted by atomic mass is 9.90. The summed E-state index contributed by atoms with van der Waals surface area (Å²) in [5, 5.41) is 2.62. The predicted octanol–water partition coefficient (Wildman–Crippen LogP) is 4.68. The number of esters is 1. The SMILES string of the molecule is C=CC(=O)OCCC(c1ccccc1)c1ccc(NC(=O)OCCCC)nc1. The Balaban J connectivity index is 2.05. The van der Waals surface area contributed by atoms with E-state index < -0.39 is 12.1 Å². The lowest BCUT2D eigenvalue weighted by molar-refractivity contribution is -0.137. The molecular formula is C22H26N2O4. The summed E-state index contributed by atoms with van der Waals surface area (Å²) in [6, 6.07) is 13.6. The molecule has 1 unspecified atom stereocenters. The van der Waals surface area contributed by atoms with Crippen molar-refractivity contribution in [2.75, 3.05) is 18.5 Å². The van der Waals surface area contributed by atoms with Crippen molar-refractivity contribution < 1.29 is 19.1 Å². The first kappa shape index (κ1) is 21.2. The summed E-state index contributed by atoms with van der Waals surface area (Å²) in [4.78, 5) is 27.4. The van der Waals surface area contributed by atoms with Gasteiger partial charge in [-0.05, 0) is 30.0 Å². The number of anilines is 1. The average Bonchev–Trinajstić information content (AvgIpc) is 2.72. The van der Waals surface area contributed by atoms with Crippen molar-refractivity contribution in [3.05, 3.63) is 72.4 Å². The molecule has 0 saturated carbocycles. The summed E-state index contributed by atoms with van der Waals surface area (Å²) < 4.78 is 10.2. The van der Waals surface area contributed by atoms with E-state index >= 15 is 0 Å². The van der Waals surface area contributed by atoms with Gasteiger partial charge in [0.1, 0.15) is 5.82 Å². The molecule has 2 aromatic rings. The smallest absolute Gasteiger partial charge is 0.412 e. The van der Waals surface area contributed by atoms with Crippen LogP contribution in [0, 0.1) is 0 Å². The molecule has 1 aromatic heterocycles. The van der Waals surface area contributed by atoms with Crippen LogP contribution >= 0.6 is 0 Å². The van der Waals surface area contributed by atoms with Gasteiger partial charge in [0.05, 0.1) is 13.2 Å². The first-order valence-electron chi connectivity index (χ1n) is 9.38. The maximum Gasteiger partial charge on any atom is 0.412 e. The molecule has 148 valence electrons. The van der Waals surface area contributed by atoms with E-state index in [0.29, 0.717) is 18.8 Å². The fraction of sp³-hybridized carbons (Fsp3) is 0.318. The van der Waals surface area contributed by atoms with Crippen LogP contribution in [0.3, 0.4) is 0 Å². The zero-order chi connectivity index (χ0) is 20.2. The summed E-state index contributed by atoms with van der Waals surface area (Å²) in [7, 11) is 0. The molecule has 0 saturated heterocycles. The van der Waals surface area contributed by atoms with Crippen LogP contribution < -0.4 is 5.32 Å². The molecule has 0 aliphatic heterocycles. The second-order valence-electron chi connectivity index (χ2n) is 6.21. The van der Waals surface area contributed by atoms with Crippen LogP contribution in [-0.4, -0.2) is 30.3 Å². The van der Waals surface area contributed by atoms with E-state index in [1.54, 1.807) is 12.3 Å². The zero-order valence-corrected chi connectivity index (χ0v) is 16.1. The molecule has 6 nitrogen and oxygen atoms in total. The van der Waals surface area contributed by atoms with Crippen LogP contribution in [0.15, 0.2) is 61.3 Å². The van der Waals surface area contributed by atoms with Crippen molar-refractivity contribution in [1.82, 2.24) is 4.98 Å². The largest absolute Gasteiger partial charge is 0.463 e. The van der Waals surface area contributed by atoms with Gasteiger partial charge in [-0.15, -0.1) is 0 Å². The number of aromatic nitrogens is 1. The number of nitrogens with zero attached hydrogens (tertiary/aromatic N) is 1. The fourth-order valence-electron chi connectivity index (χ4n) is 2.68.